The van der Waals surface area contributed by atoms with Crippen LogP contribution in [-0.4, -0.2) is 24.1 Å². The Labute approximate surface area is 124 Å². The van der Waals surface area contributed by atoms with Crippen LogP contribution in [0.5, 0.6) is 5.75 Å². The van der Waals surface area contributed by atoms with Crippen LogP contribution in [0, 0.1) is 0 Å². The van der Waals surface area contributed by atoms with Crippen molar-refractivity contribution in [3.8, 4) is 5.75 Å². The van der Waals surface area contributed by atoms with Gasteiger partial charge in [-0.05, 0) is 29.8 Å². The molecule has 4 nitrogen and oxygen atoms in total. The van der Waals surface area contributed by atoms with Gasteiger partial charge in [-0.2, -0.15) is 0 Å². The van der Waals surface area contributed by atoms with Crippen LogP contribution in [0.2, 0.25) is 0 Å². The summed E-state index contributed by atoms with van der Waals surface area (Å²) in [5, 5.41) is 0. The summed E-state index contributed by atoms with van der Waals surface area (Å²) in [6, 6.07) is 11.8. The van der Waals surface area contributed by atoms with Gasteiger partial charge in [-0.3, -0.25) is 0 Å². The Bertz CT molecular complexity index is 581. The van der Waals surface area contributed by atoms with Crippen LogP contribution in [0.4, 0.5) is 5.82 Å². The van der Waals surface area contributed by atoms with E-state index in [1.54, 1.807) is 13.3 Å². The van der Waals surface area contributed by atoms with E-state index in [1.165, 1.54) is 5.56 Å². The molecule has 0 aliphatic heterocycles. The molecule has 0 unspecified atom stereocenters. The zero-order chi connectivity index (χ0) is 14.5. The molecule has 0 fully saturated rings. The smallest absolute Gasteiger partial charge is 0.128 e. The molecule has 5 heteroatoms. The van der Waals surface area contributed by atoms with Crippen molar-refractivity contribution in [2.75, 3.05) is 19.1 Å². The predicted octanol–water partition coefficient (Wildman–Crippen LogP) is 2.36. The first-order chi connectivity index (χ1) is 9.60. The third-order valence-electron chi connectivity index (χ3n) is 3.00. The molecule has 0 bridgehead atoms. The summed E-state index contributed by atoms with van der Waals surface area (Å²) in [5.74, 6) is 1.73. The van der Waals surface area contributed by atoms with Crippen LogP contribution in [0.25, 0.3) is 0 Å². The first-order valence-electron chi connectivity index (χ1n) is 6.20. The summed E-state index contributed by atoms with van der Waals surface area (Å²) in [7, 11) is 3.65. The summed E-state index contributed by atoms with van der Waals surface area (Å²) < 4.78 is 5.14. The highest BCUT2D eigenvalue weighted by atomic mass is 32.1. The number of thiocarbonyl (C=S) groups is 1. The van der Waals surface area contributed by atoms with Crippen molar-refractivity contribution < 1.29 is 4.74 Å². The fraction of sp³-hybridized carbons (Fsp3) is 0.200. The van der Waals surface area contributed by atoms with Gasteiger partial charge in [0.25, 0.3) is 0 Å². The van der Waals surface area contributed by atoms with Crippen molar-refractivity contribution in [3.63, 3.8) is 0 Å². The van der Waals surface area contributed by atoms with Crippen LogP contribution in [0.15, 0.2) is 42.6 Å². The van der Waals surface area contributed by atoms with Gasteiger partial charge in [0.05, 0.1) is 7.11 Å². The molecule has 0 atom stereocenters. The van der Waals surface area contributed by atoms with Gasteiger partial charge in [-0.25, -0.2) is 4.98 Å². The van der Waals surface area contributed by atoms with Gasteiger partial charge in [-0.15, -0.1) is 0 Å². The van der Waals surface area contributed by atoms with E-state index in [0.717, 1.165) is 23.7 Å². The Morgan fingerprint density at radius 3 is 2.45 bits per heavy atom. The van der Waals surface area contributed by atoms with Crippen LogP contribution >= 0.6 is 12.2 Å². The molecule has 0 spiro atoms. The second kappa shape index (κ2) is 6.34. The Morgan fingerprint density at radius 1 is 1.25 bits per heavy atom. The molecule has 0 aliphatic carbocycles. The number of aromatic nitrogens is 1. The monoisotopic (exact) mass is 287 g/mol. The molecular formula is C15H17N3OS. The number of nitrogens with two attached hydrogens (primary N) is 1. The average molecular weight is 287 g/mol. The maximum atomic E-state index is 5.56. The fourth-order valence-electron chi connectivity index (χ4n) is 1.84. The fourth-order valence-corrected chi connectivity index (χ4v) is 1.96. The largest absolute Gasteiger partial charge is 0.497 e. The molecule has 0 aliphatic rings. The quantitative estimate of drug-likeness (QED) is 0.856. The molecule has 1 aromatic carbocycles. The summed E-state index contributed by atoms with van der Waals surface area (Å²) in [6.45, 7) is 0.767. The number of benzene rings is 1. The van der Waals surface area contributed by atoms with Crippen LogP contribution in [-0.2, 0) is 6.54 Å². The van der Waals surface area contributed by atoms with Gasteiger partial charge in [0, 0.05) is 25.4 Å². The number of ether oxygens (including phenoxy) is 1. The number of hydrogen-bond donors (Lipinski definition) is 1. The summed E-state index contributed by atoms with van der Waals surface area (Å²) in [6.07, 6.45) is 1.70. The van der Waals surface area contributed by atoms with Gasteiger partial charge in [-0.1, -0.05) is 24.4 Å². The zero-order valence-corrected chi connectivity index (χ0v) is 12.4. The van der Waals surface area contributed by atoms with E-state index in [1.807, 2.05) is 43.4 Å². The average Bonchev–Trinajstić information content (AvgIpc) is 2.48. The van der Waals surface area contributed by atoms with Crippen molar-refractivity contribution in [3.05, 3.63) is 53.7 Å². The molecule has 1 heterocycles. The van der Waals surface area contributed by atoms with Crippen molar-refractivity contribution in [2.45, 2.75) is 6.54 Å². The predicted molar refractivity (Wildman–Crippen MR) is 85.2 cm³/mol. The first kappa shape index (κ1) is 14.3. The molecule has 1 aromatic heterocycles. The number of methoxy groups -OCH3 is 1. The van der Waals surface area contributed by atoms with E-state index in [2.05, 4.69) is 9.88 Å². The summed E-state index contributed by atoms with van der Waals surface area (Å²) in [4.78, 5) is 6.79. The maximum Gasteiger partial charge on any atom is 0.128 e. The van der Waals surface area contributed by atoms with E-state index in [0.29, 0.717) is 4.99 Å². The normalized spacial score (nSPS) is 10.1. The lowest BCUT2D eigenvalue weighted by molar-refractivity contribution is 0.414. The molecule has 2 N–H and O–H groups in total. The van der Waals surface area contributed by atoms with Crippen molar-refractivity contribution in [1.82, 2.24) is 4.98 Å². The molecule has 2 aromatic rings. The number of pyridine rings is 1. The van der Waals surface area contributed by atoms with Crippen LogP contribution < -0.4 is 15.4 Å². The molecule has 104 valence electrons. The lowest BCUT2D eigenvalue weighted by Crippen LogP contribution is -2.18. The minimum absolute atomic E-state index is 0.363. The van der Waals surface area contributed by atoms with Crippen molar-refractivity contribution in [1.29, 1.82) is 0 Å². The highest BCUT2D eigenvalue weighted by Crippen LogP contribution is 2.16. The van der Waals surface area contributed by atoms with Gasteiger partial charge in [0.2, 0.25) is 0 Å². The molecule has 0 saturated heterocycles. The second-order valence-electron chi connectivity index (χ2n) is 4.47. The highest BCUT2D eigenvalue weighted by Gasteiger charge is 2.05. The molecule has 0 radical (unpaired) electrons. The van der Waals surface area contributed by atoms with Gasteiger partial charge < -0.3 is 15.4 Å². The second-order valence-corrected chi connectivity index (χ2v) is 4.91. The Hall–Kier alpha value is -2.14. The van der Waals surface area contributed by atoms with E-state index in [-0.39, 0.29) is 0 Å². The Morgan fingerprint density at radius 2 is 1.95 bits per heavy atom. The van der Waals surface area contributed by atoms with Crippen LogP contribution in [0.1, 0.15) is 11.1 Å². The van der Waals surface area contributed by atoms with E-state index in [9.17, 15) is 0 Å². The molecule has 2 rings (SSSR count). The summed E-state index contributed by atoms with van der Waals surface area (Å²) in [5.41, 5.74) is 7.52. The van der Waals surface area contributed by atoms with Gasteiger partial charge in [0.15, 0.2) is 0 Å². The van der Waals surface area contributed by atoms with E-state index >= 15 is 0 Å². The molecule has 20 heavy (non-hydrogen) atoms. The minimum Gasteiger partial charge on any atom is -0.497 e. The van der Waals surface area contributed by atoms with E-state index in [4.69, 9.17) is 22.7 Å². The maximum absolute atomic E-state index is 5.56. The Kier molecular flexibility index (Phi) is 4.53. The standard InChI is InChI=1S/C15H17N3OS/c1-18(10-11-3-6-13(19-2)7-4-11)14-8-5-12(9-17-14)15(16)20/h3-9H,10H2,1-2H3,(H2,16,20). The van der Waals surface area contributed by atoms with Gasteiger partial charge in [0.1, 0.15) is 16.6 Å². The van der Waals surface area contributed by atoms with Gasteiger partial charge >= 0.3 is 0 Å². The number of hydrogen-bond acceptors (Lipinski definition) is 4. The first-order valence-corrected chi connectivity index (χ1v) is 6.61. The van der Waals surface area contributed by atoms with E-state index < -0.39 is 0 Å². The minimum atomic E-state index is 0.363. The highest BCUT2D eigenvalue weighted by molar-refractivity contribution is 7.80. The lowest BCUT2D eigenvalue weighted by atomic mass is 10.2. The Balaban J connectivity index is 2.06. The number of rotatable bonds is 5. The lowest BCUT2D eigenvalue weighted by Gasteiger charge is -2.18. The number of nitrogens with zero attached hydrogens (tertiary/aromatic N) is 2. The third-order valence-corrected chi connectivity index (χ3v) is 3.24. The SMILES string of the molecule is COc1ccc(CN(C)c2ccc(C(N)=S)cn2)cc1. The zero-order valence-electron chi connectivity index (χ0n) is 11.5. The van der Waals surface area contributed by atoms with Crippen LogP contribution in [0.3, 0.4) is 0 Å². The summed E-state index contributed by atoms with van der Waals surface area (Å²) >= 11 is 4.91. The molecule has 0 amide bonds. The topological polar surface area (TPSA) is 51.4 Å². The molecule has 0 saturated carbocycles. The third kappa shape index (κ3) is 3.45. The van der Waals surface area contributed by atoms with Crippen molar-refractivity contribution in [2.24, 2.45) is 5.73 Å². The molecular weight excluding hydrogens is 270 g/mol. The van der Waals surface area contributed by atoms with Crippen molar-refractivity contribution >= 4 is 23.0 Å². The number of anilines is 1.